The number of ketones is 1. The number of nitrogens with zero attached hydrogens (tertiary/aromatic N) is 1. The number of hydrogen-bond acceptors (Lipinski definition) is 4. The van der Waals surface area contributed by atoms with E-state index in [1.165, 1.54) is 19.8 Å². The summed E-state index contributed by atoms with van der Waals surface area (Å²) >= 11 is 0. The van der Waals surface area contributed by atoms with Crippen LogP contribution < -0.4 is 10.1 Å². The molecule has 3 saturated heterocycles. The summed E-state index contributed by atoms with van der Waals surface area (Å²) < 4.78 is 5.80. The zero-order valence-electron chi connectivity index (χ0n) is 16.4. The van der Waals surface area contributed by atoms with E-state index in [0.29, 0.717) is 34.6 Å². The fourth-order valence-corrected chi connectivity index (χ4v) is 4.28. The van der Waals surface area contributed by atoms with E-state index in [1.54, 1.807) is 48.5 Å². The zero-order valence-corrected chi connectivity index (χ0v) is 16.4. The highest BCUT2D eigenvalue weighted by atomic mass is 16.5. The fourth-order valence-electron chi connectivity index (χ4n) is 4.28. The second kappa shape index (κ2) is 7.76. The zero-order chi connectivity index (χ0) is 19.7. The highest BCUT2D eigenvalue weighted by Crippen LogP contribution is 2.32. The number of rotatable bonds is 5. The number of amides is 1. The highest BCUT2D eigenvalue weighted by molar-refractivity contribution is 5.94. The van der Waals surface area contributed by atoms with E-state index < -0.39 is 0 Å². The van der Waals surface area contributed by atoms with Crippen molar-refractivity contribution in [2.45, 2.75) is 38.8 Å². The monoisotopic (exact) mass is 378 g/mol. The molecule has 4 atom stereocenters. The van der Waals surface area contributed by atoms with Crippen LogP contribution in [0.2, 0.25) is 0 Å². The summed E-state index contributed by atoms with van der Waals surface area (Å²) in [7, 11) is 0. The van der Waals surface area contributed by atoms with Gasteiger partial charge in [-0.15, -0.1) is 0 Å². The van der Waals surface area contributed by atoms with Crippen molar-refractivity contribution in [2.75, 3.05) is 13.1 Å². The molecule has 1 N–H and O–H groups in total. The van der Waals surface area contributed by atoms with Crippen molar-refractivity contribution in [3.05, 3.63) is 59.7 Å². The van der Waals surface area contributed by atoms with E-state index in [0.717, 1.165) is 13.1 Å². The summed E-state index contributed by atoms with van der Waals surface area (Å²) in [6, 6.07) is 15.1. The summed E-state index contributed by atoms with van der Waals surface area (Å²) in [5.74, 6) is 1.90. The van der Waals surface area contributed by atoms with Gasteiger partial charge in [-0.2, -0.15) is 0 Å². The molecule has 5 heteroatoms. The van der Waals surface area contributed by atoms with Gasteiger partial charge in [-0.3, -0.25) is 14.5 Å². The summed E-state index contributed by atoms with van der Waals surface area (Å²) in [5, 5.41) is 3.22. The van der Waals surface area contributed by atoms with Crippen LogP contribution in [0.4, 0.5) is 0 Å². The Bertz CT molecular complexity index is 860. The van der Waals surface area contributed by atoms with Crippen molar-refractivity contribution in [1.29, 1.82) is 0 Å². The van der Waals surface area contributed by atoms with Gasteiger partial charge < -0.3 is 10.1 Å². The first-order chi connectivity index (χ1) is 13.5. The van der Waals surface area contributed by atoms with Crippen LogP contribution in [0, 0.1) is 5.92 Å². The number of nitrogens with one attached hydrogen (secondary N) is 1. The van der Waals surface area contributed by atoms with Crippen molar-refractivity contribution in [3.63, 3.8) is 0 Å². The summed E-state index contributed by atoms with van der Waals surface area (Å²) in [6.07, 6.45) is 2.34. The van der Waals surface area contributed by atoms with Crippen LogP contribution in [0.15, 0.2) is 48.5 Å². The van der Waals surface area contributed by atoms with Crippen LogP contribution in [-0.4, -0.2) is 41.8 Å². The minimum Gasteiger partial charge on any atom is -0.457 e. The lowest BCUT2D eigenvalue weighted by Crippen LogP contribution is -2.60. The molecule has 146 valence electrons. The summed E-state index contributed by atoms with van der Waals surface area (Å²) in [5.41, 5.74) is 1.30. The van der Waals surface area contributed by atoms with Gasteiger partial charge in [0.15, 0.2) is 5.78 Å². The number of benzene rings is 2. The number of carbonyl (C=O) groups is 2. The first-order valence-electron chi connectivity index (χ1n) is 9.93. The Morgan fingerprint density at radius 3 is 2.11 bits per heavy atom. The molecule has 0 aromatic heterocycles. The van der Waals surface area contributed by atoms with Gasteiger partial charge in [-0.05, 0) is 87.7 Å². The number of carbonyl (C=O) groups excluding carboxylic acids is 2. The van der Waals surface area contributed by atoms with Gasteiger partial charge in [0, 0.05) is 29.8 Å². The van der Waals surface area contributed by atoms with E-state index in [-0.39, 0.29) is 17.7 Å². The second-order valence-corrected chi connectivity index (χ2v) is 7.92. The molecule has 1 amide bonds. The maximum Gasteiger partial charge on any atom is 0.251 e. The molecule has 2 bridgehead atoms. The van der Waals surface area contributed by atoms with Gasteiger partial charge in [-0.25, -0.2) is 0 Å². The quantitative estimate of drug-likeness (QED) is 0.802. The molecular formula is C23H26N2O3. The van der Waals surface area contributed by atoms with Gasteiger partial charge in [0.2, 0.25) is 0 Å². The maximum absolute atomic E-state index is 12.6. The standard InChI is InChI=1S/C23H26N2O3/c1-15-13-19-11-12-25(15)14-22(19)24-23(27)18-5-9-21(10-6-18)28-20-7-3-17(4-8-20)16(2)26/h3-10,15,19,22H,11-14H2,1-2H3,(H,24,27). The molecule has 4 unspecified atom stereocenters. The molecule has 2 aromatic carbocycles. The topological polar surface area (TPSA) is 58.6 Å². The maximum atomic E-state index is 12.6. The predicted molar refractivity (Wildman–Crippen MR) is 108 cm³/mol. The first kappa shape index (κ1) is 18.7. The van der Waals surface area contributed by atoms with Crippen molar-refractivity contribution >= 4 is 11.7 Å². The Labute approximate surface area is 165 Å². The molecule has 3 heterocycles. The third-order valence-corrected chi connectivity index (χ3v) is 5.98. The van der Waals surface area contributed by atoms with Crippen molar-refractivity contribution in [1.82, 2.24) is 10.2 Å². The van der Waals surface area contributed by atoms with Gasteiger partial charge >= 0.3 is 0 Å². The number of hydrogen-bond donors (Lipinski definition) is 1. The predicted octanol–water partition coefficient (Wildman–Crippen LogP) is 3.89. The molecule has 0 saturated carbocycles. The van der Waals surface area contributed by atoms with Crippen LogP contribution in [0.5, 0.6) is 11.5 Å². The lowest BCUT2D eigenvalue weighted by molar-refractivity contribution is 0.0274. The number of Topliss-reactive ketones (excluding diaryl/α,β-unsaturated/α-hetero) is 1. The fraction of sp³-hybridized carbons (Fsp3) is 0.391. The molecule has 3 fully saturated rings. The average Bonchev–Trinajstić information content (AvgIpc) is 2.70. The average molecular weight is 378 g/mol. The third kappa shape index (κ3) is 3.94. The lowest BCUT2D eigenvalue weighted by Gasteiger charge is -2.48. The lowest BCUT2D eigenvalue weighted by atomic mass is 9.80. The van der Waals surface area contributed by atoms with E-state index in [2.05, 4.69) is 17.1 Å². The summed E-state index contributed by atoms with van der Waals surface area (Å²) in [6.45, 7) is 5.92. The number of piperidine rings is 3. The molecule has 0 radical (unpaired) electrons. The van der Waals surface area contributed by atoms with Gasteiger partial charge in [0.25, 0.3) is 5.91 Å². The van der Waals surface area contributed by atoms with Crippen LogP contribution >= 0.6 is 0 Å². The van der Waals surface area contributed by atoms with Crippen LogP contribution in [0.3, 0.4) is 0 Å². The third-order valence-electron chi connectivity index (χ3n) is 5.98. The van der Waals surface area contributed by atoms with Crippen LogP contribution in [0.1, 0.15) is 47.4 Å². The normalized spacial score (nSPS) is 25.9. The van der Waals surface area contributed by atoms with E-state index in [9.17, 15) is 9.59 Å². The molecular weight excluding hydrogens is 352 g/mol. The molecule has 3 aliphatic heterocycles. The molecule has 2 aromatic rings. The molecule has 0 spiro atoms. The Hall–Kier alpha value is -2.66. The van der Waals surface area contributed by atoms with Gasteiger partial charge in [0.05, 0.1) is 0 Å². The molecule has 5 rings (SSSR count). The molecule has 0 aliphatic carbocycles. The minimum absolute atomic E-state index is 0.0243. The Balaban J connectivity index is 1.36. The van der Waals surface area contributed by atoms with Crippen molar-refractivity contribution in [2.24, 2.45) is 5.92 Å². The molecule has 3 aliphatic rings. The van der Waals surface area contributed by atoms with E-state index >= 15 is 0 Å². The number of fused-ring (bicyclic) bond motifs is 3. The van der Waals surface area contributed by atoms with Gasteiger partial charge in [-0.1, -0.05) is 0 Å². The number of ether oxygens (including phenoxy) is 1. The summed E-state index contributed by atoms with van der Waals surface area (Å²) in [4.78, 5) is 26.4. The Morgan fingerprint density at radius 1 is 1.00 bits per heavy atom. The highest BCUT2D eigenvalue weighted by Gasteiger charge is 2.38. The first-order valence-corrected chi connectivity index (χ1v) is 9.93. The molecule has 28 heavy (non-hydrogen) atoms. The largest absolute Gasteiger partial charge is 0.457 e. The minimum atomic E-state index is -0.0243. The van der Waals surface area contributed by atoms with E-state index in [1.807, 2.05) is 0 Å². The van der Waals surface area contributed by atoms with Crippen molar-refractivity contribution < 1.29 is 14.3 Å². The van der Waals surface area contributed by atoms with E-state index in [4.69, 9.17) is 4.74 Å². The Kier molecular flexibility index (Phi) is 5.18. The second-order valence-electron chi connectivity index (χ2n) is 7.92. The smallest absolute Gasteiger partial charge is 0.251 e. The van der Waals surface area contributed by atoms with Gasteiger partial charge in [0.1, 0.15) is 11.5 Å². The van der Waals surface area contributed by atoms with Crippen LogP contribution in [-0.2, 0) is 0 Å². The molecule has 5 nitrogen and oxygen atoms in total. The SMILES string of the molecule is CC(=O)c1ccc(Oc2ccc(C(=O)NC3CN4CCC3CC4C)cc2)cc1. The van der Waals surface area contributed by atoms with Crippen molar-refractivity contribution in [3.8, 4) is 11.5 Å². The van der Waals surface area contributed by atoms with Crippen LogP contribution in [0.25, 0.3) is 0 Å². The Morgan fingerprint density at radius 2 is 1.61 bits per heavy atom.